The fourth-order valence-corrected chi connectivity index (χ4v) is 1.74. The van der Waals surface area contributed by atoms with Crippen LogP contribution in [0.4, 0.5) is 11.4 Å². The zero-order valence-corrected chi connectivity index (χ0v) is 10.7. The van der Waals surface area contributed by atoms with E-state index in [1.165, 1.54) is 0 Å². The average molecular weight is 247 g/mol. The highest BCUT2D eigenvalue weighted by Crippen LogP contribution is 2.33. The Hall–Kier alpha value is -0.600. The molecule has 0 amide bonds. The summed E-state index contributed by atoms with van der Waals surface area (Å²) in [7, 11) is 0. The van der Waals surface area contributed by atoms with Gasteiger partial charge in [0.2, 0.25) is 0 Å². The Kier molecular flexibility index (Phi) is 4.12. The van der Waals surface area contributed by atoms with Gasteiger partial charge in [0.15, 0.2) is 0 Å². The largest absolute Gasteiger partial charge is 0.399 e. The Morgan fingerprint density at radius 1 is 1.13 bits per heavy atom. The van der Waals surface area contributed by atoms with Crippen LogP contribution in [-0.4, -0.2) is 6.04 Å². The fourth-order valence-electron chi connectivity index (χ4n) is 1.12. The molecule has 0 bridgehead atoms. The first-order valence-electron chi connectivity index (χ1n) is 4.93. The number of rotatable bonds is 3. The van der Waals surface area contributed by atoms with Gasteiger partial charge in [-0.25, -0.2) is 0 Å². The second-order valence-corrected chi connectivity index (χ2v) is 4.85. The predicted octanol–water partition coefficient (Wildman–Crippen LogP) is 4.03. The lowest BCUT2D eigenvalue weighted by atomic mass is 10.1. The van der Waals surface area contributed by atoms with Crippen LogP contribution in [-0.2, 0) is 0 Å². The summed E-state index contributed by atoms with van der Waals surface area (Å²) < 4.78 is 0. The highest BCUT2D eigenvalue weighted by molar-refractivity contribution is 6.39. The number of anilines is 2. The molecule has 1 atom stereocenters. The summed E-state index contributed by atoms with van der Waals surface area (Å²) in [5.41, 5.74) is 6.96. The van der Waals surface area contributed by atoms with Crippen LogP contribution in [0.25, 0.3) is 0 Å². The lowest BCUT2D eigenvalue weighted by molar-refractivity contribution is 0.560. The van der Waals surface area contributed by atoms with E-state index in [2.05, 4.69) is 26.1 Å². The van der Waals surface area contributed by atoms with Gasteiger partial charge in [-0.15, -0.1) is 0 Å². The van der Waals surface area contributed by atoms with Gasteiger partial charge < -0.3 is 11.1 Å². The number of hydrogen-bond donors (Lipinski definition) is 2. The Morgan fingerprint density at radius 3 is 2.00 bits per heavy atom. The number of nitrogen functional groups attached to an aromatic ring is 1. The normalized spacial score (nSPS) is 12.9. The Balaban J connectivity index is 2.95. The molecular formula is C11H16Cl2N2. The molecule has 0 fully saturated rings. The zero-order valence-electron chi connectivity index (χ0n) is 9.14. The third-order valence-electron chi connectivity index (χ3n) is 2.44. The van der Waals surface area contributed by atoms with Crippen LogP contribution >= 0.6 is 23.2 Å². The first-order chi connectivity index (χ1) is 6.91. The molecule has 3 N–H and O–H groups in total. The maximum atomic E-state index is 6.06. The number of benzene rings is 1. The topological polar surface area (TPSA) is 38.0 Å². The third-order valence-corrected chi connectivity index (χ3v) is 3.03. The monoisotopic (exact) mass is 246 g/mol. The first-order valence-corrected chi connectivity index (χ1v) is 5.68. The van der Waals surface area contributed by atoms with Crippen LogP contribution < -0.4 is 11.1 Å². The second-order valence-electron chi connectivity index (χ2n) is 4.04. The summed E-state index contributed by atoms with van der Waals surface area (Å²) in [4.78, 5) is 0. The highest BCUT2D eigenvalue weighted by atomic mass is 35.5. The molecule has 2 nitrogen and oxygen atoms in total. The maximum Gasteiger partial charge on any atom is 0.0722 e. The van der Waals surface area contributed by atoms with E-state index in [0.717, 1.165) is 5.69 Å². The number of halogens is 2. The standard InChI is InChI=1S/C11H16Cl2N2/c1-6(2)7(3)15-11-9(12)4-8(14)5-10(11)13/h4-7,15H,14H2,1-3H3. The van der Waals surface area contributed by atoms with Gasteiger partial charge in [-0.2, -0.15) is 0 Å². The number of nitrogens with one attached hydrogen (secondary N) is 1. The fraction of sp³-hybridized carbons (Fsp3) is 0.455. The molecule has 0 saturated carbocycles. The van der Waals surface area contributed by atoms with Gasteiger partial charge in [0, 0.05) is 11.7 Å². The molecule has 4 heteroatoms. The van der Waals surface area contributed by atoms with E-state index < -0.39 is 0 Å². The van der Waals surface area contributed by atoms with Crippen molar-refractivity contribution in [1.82, 2.24) is 0 Å². The van der Waals surface area contributed by atoms with Crippen LogP contribution in [0.1, 0.15) is 20.8 Å². The van der Waals surface area contributed by atoms with E-state index >= 15 is 0 Å². The smallest absolute Gasteiger partial charge is 0.0722 e. The van der Waals surface area contributed by atoms with Crippen molar-refractivity contribution in [2.45, 2.75) is 26.8 Å². The van der Waals surface area contributed by atoms with Crippen LogP contribution in [0.2, 0.25) is 10.0 Å². The van der Waals surface area contributed by atoms with E-state index in [0.29, 0.717) is 27.7 Å². The molecule has 15 heavy (non-hydrogen) atoms. The Morgan fingerprint density at radius 2 is 1.60 bits per heavy atom. The van der Waals surface area contributed by atoms with E-state index in [-0.39, 0.29) is 0 Å². The molecule has 1 unspecified atom stereocenters. The lowest BCUT2D eigenvalue weighted by Gasteiger charge is -2.20. The molecular weight excluding hydrogens is 231 g/mol. The van der Waals surface area contributed by atoms with Gasteiger partial charge in [-0.3, -0.25) is 0 Å². The summed E-state index contributed by atoms with van der Waals surface area (Å²) in [6.07, 6.45) is 0. The van der Waals surface area contributed by atoms with Gasteiger partial charge in [-0.1, -0.05) is 37.0 Å². The molecule has 0 saturated heterocycles. The van der Waals surface area contributed by atoms with Crippen molar-refractivity contribution in [2.24, 2.45) is 5.92 Å². The van der Waals surface area contributed by atoms with Crippen molar-refractivity contribution in [3.05, 3.63) is 22.2 Å². The molecule has 0 heterocycles. The summed E-state index contributed by atoms with van der Waals surface area (Å²) in [6.45, 7) is 6.36. The van der Waals surface area contributed by atoms with Crippen molar-refractivity contribution in [3.63, 3.8) is 0 Å². The molecule has 84 valence electrons. The lowest BCUT2D eigenvalue weighted by Crippen LogP contribution is -2.21. The molecule has 0 spiro atoms. The molecule has 0 aliphatic rings. The van der Waals surface area contributed by atoms with Gasteiger partial charge in [0.25, 0.3) is 0 Å². The Bertz CT molecular complexity index is 327. The van der Waals surface area contributed by atoms with Gasteiger partial charge in [0.1, 0.15) is 0 Å². The van der Waals surface area contributed by atoms with E-state index in [9.17, 15) is 0 Å². The predicted molar refractivity (Wildman–Crippen MR) is 68.8 cm³/mol. The van der Waals surface area contributed by atoms with Crippen LogP contribution in [0, 0.1) is 5.92 Å². The van der Waals surface area contributed by atoms with Crippen molar-refractivity contribution < 1.29 is 0 Å². The summed E-state index contributed by atoms with van der Waals surface area (Å²) in [5, 5.41) is 4.41. The quantitative estimate of drug-likeness (QED) is 0.791. The van der Waals surface area contributed by atoms with E-state index in [1.54, 1.807) is 12.1 Å². The summed E-state index contributed by atoms with van der Waals surface area (Å²) >= 11 is 12.1. The minimum absolute atomic E-state index is 0.309. The molecule has 0 radical (unpaired) electrons. The minimum Gasteiger partial charge on any atom is -0.399 e. The van der Waals surface area contributed by atoms with Crippen LogP contribution in [0.15, 0.2) is 12.1 Å². The maximum absolute atomic E-state index is 6.06. The summed E-state index contributed by atoms with van der Waals surface area (Å²) in [6, 6.07) is 3.70. The molecule has 0 aliphatic carbocycles. The minimum atomic E-state index is 0.309. The van der Waals surface area contributed by atoms with Gasteiger partial charge in [0.05, 0.1) is 15.7 Å². The second kappa shape index (κ2) is 4.95. The number of nitrogens with two attached hydrogens (primary N) is 1. The van der Waals surface area contributed by atoms with Crippen molar-refractivity contribution in [1.29, 1.82) is 0 Å². The molecule has 0 aromatic heterocycles. The summed E-state index contributed by atoms with van der Waals surface area (Å²) in [5.74, 6) is 0.509. The van der Waals surface area contributed by atoms with Crippen molar-refractivity contribution >= 4 is 34.6 Å². The third kappa shape index (κ3) is 3.18. The molecule has 0 aliphatic heterocycles. The zero-order chi connectivity index (χ0) is 11.6. The van der Waals surface area contributed by atoms with Gasteiger partial charge >= 0.3 is 0 Å². The average Bonchev–Trinajstić information content (AvgIpc) is 2.10. The van der Waals surface area contributed by atoms with Crippen molar-refractivity contribution in [3.8, 4) is 0 Å². The highest BCUT2D eigenvalue weighted by Gasteiger charge is 2.12. The first kappa shape index (κ1) is 12.5. The van der Waals surface area contributed by atoms with Crippen molar-refractivity contribution in [2.75, 3.05) is 11.1 Å². The SMILES string of the molecule is CC(C)C(C)Nc1c(Cl)cc(N)cc1Cl. The van der Waals surface area contributed by atoms with E-state index in [1.807, 2.05) is 0 Å². The Labute approximate surface area is 101 Å². The molecule has 1 aromatic rings. The number of hydrogen-bond acceptors (Lipinski definition) is 2. The molecule has 1 aromatic carbocycles. The van der Waals surface area contributed by atoms with Gasteiger partial charge in [-0.05, 0) is 25.0 Å². The van der Waals surface area contributed by atoms with Crippen LogP contribution in [0.3, 0.4) is 0 Å². The van der Waals surface area contributed by atoms with E-state index in [4.69, 9.17) is 28.9 Å². The van der Waals surface area contributed by atoms with Crippen LogP contribution in [0.5, 0.6) is 0 Å². The molecule has 1 rings (SSSR count).